The number of carbonyl (C=O) groups excluding carboxylic acids is 1. The fourth-order valence-electron chi connectivity index (χ4n) is 2.90. The largest absolute Gasteiger partial charge is 0.493 e. The van der Waals surface area contributed by atoms with Crippen LogP contribution in [0, 0.1) is 0 Å². The summed E-state index contributed by atoms with van der Waals surface area (Å²) in [5.74, 6) is 1.46. The van der Waals surface area contributed by atoms with Crippen LogP contribution in [0.15, 0.2) is 36.4 Å². The van der Waals surface area contributed by atoms with E-state index < -0.39 is 0 Å². The lowest BCUT2D eigenvalue weighted by Gasteiger charge is -2.18. The van der Waals surface area contributed by atoms with Crippen molar-refractivity contribution in [3.05, 3.63) is 53.1 Å². The van der Waals surface area contributed by atoms with Gasteiger partial charge in [-0.25, -0.2) is 0 Å². The number of benzene rings is 2. The van der Waals surface area contributed by atoms with Gasteiger partial charge in [-0.3, -0.25) is 4.79 Å². The fourth-order valence-corrected chi connectivity index (χ4v) is 2.90. The lowest BCUT2D eigenvalue weighted by atomic mass is 10.00. The second-order valence-corrected chi connectivity index (χ2v) is 6.38. The van der Waals surface area contributed by atoms with Crippen molar-refractivity contribution in [2.75, 3.05) is 19.0 Å². The summed E-state index contributed by atoms with van der Waals surface area (Å²) >= 11 is 0. The first kappa shape index (κ1) is 17.1. The van der Waals surface area contributed by atoms with Crippen LogP contribution in [-0.2, 0) is 13.0 Å². The zero-order valence-corrected chi connectivity index (χ0v) is 14.9. The second kappa shape index (κ2) is 7.47. The minimum atomic E-state index is 0.00163. The molecule has 25 heavy (non-hydrogen) atoms. The molecule has 2 N–H and O–H groups in total. The van der Waals surface area contributed by atoms with Crippen LogP contribution < -0.4 is 20.1 Å². The summed E-state index contributed by atoms with van der Waals surface area (Å²) in [7, 11) is 1.64. The maximum Gasteiger partial charge on any atom is 0.251 e. The van der Waals surface area contributed by atoms with Gasteiger partial charge in [-0.2, -0.15) is 0 Å². The number of hydrogen-bond donors (Lipinski definition) is 2. The van der Waals surface area contributed by atoms with Crippen molar-refractivity contribution in [3.63, 3.8) is 0 Å². The van der Waals surface area contributed by atoms with Crippen LogP contribution in [-0.4, -0.2) is 25.7 Å². The molecule has 5 nitrogen and oxygen atoms in total. The molecular formula is C20H24N2O3. The second-order valence-electron chi connectivity index (χ2n) is 6.38. The van der Waals surface area contributed by atoms with Gasteiger partial charge in [0.25, 0.3) is 5.91 Å². The van der Waals surface area contributed by atoms with Crippen LogP contribution in [0.1, 0.15) is 35.3 Å². The number of nitrogens with one attached hydrogen (secondary N) is 2. The molecule has 1 amide bonds. The van der Waals surface area contributed by atoms with E-state index in [1.54, 1.807) is 7.11 Å². The van der Waals surface area contributed by atoms with Gasteiger partial charge in [0, 0.05) is 24.3 Å². The van der Waals surface area contributed by atoms with E-state index in [0.29, 0.717) is 13.1 Å². The number of carbonyl (C=O) groups is 1. The highest BCUT2D eigenvalue weighted by Crippen LogP contribution is 2.29. The molecule has 2 aromatic rings. The molecule has 0 saturated heterocycles. The molecule has 0 aliphatic carbocycles. The zero-order valence-electron chi connectivity index (χ0n) is 14.9. The number of anilines is 1. The predicted molar refractivity (Wildman–Crippen MR) is 98.6 cm³/mol. The van der Waals surface area contributed by atoms with Gasteiger partial charge >= 0.3 is 0 Å². The quantitative estimate of drug-likeness (QED) is 0.846. The highest BCUT2D eigenvalue weighted by Gasteiger charge is 2.16. The number of amides is 1. The van der Waals surface area contributed by atoms with Crippen molar-refractivity contribution in [1.82, 2.24) is 5.32 Å². The summed E-state index contributed by atoms with van der Waals surface area (Å²) < 4.78 is 11.2. The minimum Gasteiger partial charge on any atom is -0.493 e. The van der Waals surface area contributed by atoms with Crippen molar-refractivity contribution in [3.8, 4) is 11.5 Å². The van der Waals surface area contributed by atoms with E-state index >= 15 is 0 Å². The number of methoxy groups -OCH3 is 1. The average molecular weight is 340 g/mol. The topological polar surface area (TPSA) is 59.6 Å². The van der Waals surface area contributed by atoms with E-state index in [-0.39, 0.29) is 12.0 Å². The van der Waals surface area contributed by atoms with E-state index in [0.717, 1.165) is 40.3 Å². The third-order valence-electron chi connectivity index (χ3n) is 4.12. The van der Waals surface area contributed by atoms with Gasteiger partial charge in [-0.05, 0) is 55.7 Å². The average Bonchev–Trinajstić information content (AvgIpc) is 2.61. The molecular weight excluding hydrogens is 316 g/mol. The van der Waals surface area contributed by atoms with Crippen molar-refractivity contribution in [1.29, 1.82) is 0 Å². The van der Waals surface area contributed by atoms with Crippen LogP contribution in [0.2, 0.25) is 0 Å². The lowest BCUT2D eigenvalue weighted by Crippen LogP contribution is -2.31. The summed E-state index contributed by atoms with van der Waals surface area (Å²) in [5.41, 5.74) is 3.87. The third-order valence-corrected chi connectivity index (χ3v) is 4.12. The molecule has 1 aliphatic rings. The zero-order chi connectivity index (χ0) is 17.8. The van der Waals surface area contributed by atoms with E-state index in [1.165, 1.54) is 0 Å². The van der Waals surface area contributed by atoms with Crippen molar-refractivity contribution >= 4 is 11.6 Å². The Morgan fingerprint density at radius 3 is 2.76 bits per heavy atom. The highest BCUT2D eigenvalue weighted by atomic mass is 16.5. The van der Waals surface area contributed by atoms with Gasteiger partial charge in [-0.1, -0.05) is 12.1 Å². The summed E-state index contributed by atoms with van der Waals surface area (Å²) in [6, 6.07) is 11.9. The minimum absolute atomic E-state index is 0.00163. The number of rotatable bonds is 6. The van der Waals surface area contributed by atoms with Crippen LogP contribution >= 0.6 is 0 Å². The van der Waals surface area contributed by atoms with Gasteiger partial charge in [-0.15, -0.1) is 0 Å². The van der Waals surface area contributed by atoms with E-state index in [4.69, 9.17) is 9.47 Å². The molecule has 0 unspecified atom stereocenters. The van der Waals surface area contributed by atoms with Gasteiger partial charge < -0.3 is 20.1 Å². The van der Waals surface area contributed by atoms with Crippen LogP contribution in [0.4, 0.5) is 5.69 Å². The Hall–Kier alpha value is -2.69. The van der Waals surface area contributed by atoms with Crippen LogP contribution in [0.25, 0.3) is 0 Å². The number of fused-ring (bicyclic) bond motifs is 1. The van der Waals surface area contributed by atoms with Gasteiger partial charge in [0.1, 0.15) is 0 Å². The van der Waals surface area contributed by atoms with E-state index in [1.807, 2.05) is 50.2 Å². The summed E-state index contributed by atoms with van der Waals surface area (Å²) in [4.78, 5) is 12.0. The first-order chi connectivity index (χ1) is 12.1. The smallest absolute Gasteiger partial charge is 0.251 e. The molecule has 5 heteroatoms. The standard InChI is InChI=1S/C20H24N2O3/c1-13(2)25-18-7-4-14(10-19(18)24-3)12-22-16-6-5-15-8-9-21-20(23)17(15)11-16/h4-7,10-11,13,22H,8-9,12H2,1-3H3,(H,21,23). The molecule has 0 spiro atoms. The molecule has 132 valence electrons. The highest BCUT2D eigenvalue weighted by molar-refractivity contribution is 5.97. The maximum absolute atomic E-state index is 12.0. The fraction of sp³-hybridized carbons (Fsp3) is 0.350. The Morgan fingerprint density at radius 1 is 1.16 bits per heavy atom. The monoisotopic (exact) mass is 340 g/mol. The molecule has 1 aliphatic heterocycles. The molecule has 0 aromatic heterocycles. The number of ether oxygens (including phenoxy) is 2. The van der Waals surface area contributed by atoms with Crippen LogP contribution in [0.5, 0.6) is 11.5 Å². The van der Waals surface area contributed by atoms with Crippen molar-refractivity contribution in [2.45, 2.75) is 32.9 Å². The summed E-state index contributed by atoms with van der Waals surface area (Å²) in [6.07, 6.45) is 0.982. The predicted octanol–water partition coefficient (Wildman–Crippen LogP) is 3.38. The lowest BCUT2D eigenvalue weighted by molar-refractivity contribution is 0.0946. The molecule has 2 aromatic carbocycles. The molecule has 3 rings (SSSR count). The Bertz CT molecular complexity index is 772. The molecule has 1 heterocycles. The maximum atomic E-state index is 12.0. The Kier molecular flexibility index (Phi) is 5.12. The molecule has 0 radical (unpaired) electrons. The van der Waals surface area contributed by atoms with E-state index in [9.17, 15) is 4.79 Å². The summed E-state index contributed by atoms with van der Waals surface area (Å²) in [5, 5.41) is 6.25. The van der Waals surface area contributed by atoms with Crippen LogP contribution in [0.3, 0.4) is 0 Å². The summed E-state index contributed by atoms with van der Waals surface area (Å²) in [6.45, 7) is 5.32. The Labute approximate surface area is 148 Å². The van der Waals surface area contributed by atoms with E-state index in [2.05, 4.69) is 10.6 Å². The Morgan fingerprint density at radius 2 is 2.00 bits per heavy atom. The first-order valence-corrected chi connectivity index (χ1v) is 8.55. The van der Waals surface area contributed by atoms with Crippen molar-refractivity contribution < 1.29 is 14.3 Å². The number of hydrogen-bond acceptors (Lipinski definition) is 4. The molecule has 0 atom stereocenters. The molecule has 0 fully saturated rings. The van der Waals surface area contributed by atoms with Crippen molar-refractivity contribution in [2.24, 2.45) is 0 Å². The first-order valence-electron chi connectivity index (χ1n) is 8.55. The third kappa shape index (κ3) is 4.05. The SMILES string of the molecule is COc1cc(CNc2ccc3c(c2)C(=O)NCC3)ccc1OC(C)C. The normalized spacial score (nSPS) is 13.2. The molecule has 0 bridgehead atoms. The molecule has 0 saturated carbocycles. The van der Waals surface area contributed by atoms with Gasteiger partial charge in [0.05, 0.1) is 13.2 Å². The van der Waals surface area contributed by atoms with Gasteiger partial charge in [0.2, 0.25) is 0 Å². The Balaban J connectivity index is 1.71. The van der Waals surface area contributed by atoms with Gasteiger partial charge in [0.15, 0.2) is 11.5 Å².